The second kappa shape index (κ2) is 3.71. The van der Waals surface area contributed by atoms with Gasteiger partial charge in [0.2, 0.25) is 5.91 Å². The maximum atomic E-state index is 12.0. The zero-order valence-corrected chi connectivity index (χ0v) is 9.04. The van der Waals surface area contributed by atoms with Gasteiger partial charge in [0.1, 0.15) is 0 Å². The van der Waals surface area contributed by atoms with Crippen LogP contribution in [-0.4, -0.2) is 5.91 Å². The molecule has 3 nitrogen and oxygen atoms in total. The molecule has 0 radical (unpaired) electrons. The molecule has 17 heavy (non-hydrogen) atoms. The van der Waals surface area contributed by atoms with E-state index in [0.29, 0.717) is 10.8 Å². The maximum Gasteiger partial charge on any atom is 0.228 e. The van der Waals surface area contributed by atoms with Crippen molar-refractivity contribution >= 4 is 11.6 Å². The van der Waals surface area contributed by atoms with Crippen molar-refractivity contribution in [3.63, 3.8) is 0 Å². The van der Waals surface area contributed by atoms with Crippen LogP contribution in [0.15, 0.2) is 54.6 Å². The van der Waals surface area contributed by atoms with Gasteiger partial charge in [0.15, 0.2) is 0 Å². The van der Waals surface area contributed by atoms with Crippen LogP contribution < -0.4 is 5.06 Å². The lowest BCUT2D eigenvalue weighted by Crippen LogP contribution is -2.22. The van der Waals surface area contributed by atoms with E-state index in [0.717, 1.165) is 11.1 Å². The second-order valence-corrected chi connectivity index (χ2v) is 4.04. The van der Waals surface area contributed by atoms with Crippen LogP contribution in [0, 0.1) is 5.21 Å². The molecule has 0 saturated heterocycles. The molecule has 0 aromatic heterocycles. The fourth-order valence-corrected chi connectivity index (χ4v) is 2.25. The van der Waals surface area contributed by atoms with Gasteiger partial charge in [-0.05, 0) is 17.2 Å². The molecular weight excluding hydrogens is 214 g/mol. The van der Waals surface area contributed by atoms with Gasteiger partial charge in [0.05, 0.1) is 5.92 Å². The Kier molecular flexibility index (Phi) is 2.20. The van der Waals surface area contributed by atoms with Crippen molar-refractivity contribution < 1.29 is 4.79 Å². The Bertz CT molecular complexity index is 565. The monoisotopic (exact) mass is 224 g/mol. The van der Waals surface area contributed by atoms with Crippen molar-refractivity contribution in [2.24, 2.45) is 0 Å². The van der Waals surface area contributed by atoms with E-state index in [2.05, 4.69) is 0 Å². The number of fused-ring (bicyclic) bond motifs is 1. The van der Waals surface area contributed by atoms with Gasteiger partial charge in [-0.3, -0.25) is 4.79 Å². The summed E-state index contributed by atoms with van der Waals surface area (Å²) in [5, 5.41) is 12.2. The smallest absolute Gasteiger partial charge is 0.228 e. The van der Waals surface area contributed by atoms with Gasteiger partial charge in [0.25, 0.3) is 0 Å². The van der Waals surface area contributed by atoms with Crippen LogP contribution in [0.1, 0.15) is 17.0 Å². The highest BCUT2D eigenvalue weighted by molar-refractivity contribution is 6.07. The molecule has 0 saturated carbocycles. The molecule has 0 N–H and O–H groups in total. The first-order chi connectivity index (χ1) is 8.29. The summed E-state index contributed by atoms with van der Waals surface area (Å²) in [6.45, 7) is 0. The number of benzene rings is 2. The number of carbonyl (C=O) groups is 1. The van der Waals surface area contributed by atoms with Crippen LogP contribution >= 0.6 is 0 Å². The van der Waals surface area contributed by atoms with E-state index < -0.39 is 11.8 Å². The van der Waals surface area contributed by atoms with Crippen molar-refractivity contribution in [2.45, 2.75) is 5.92 Å². The topological polar surface area (TPSA) is 43.4 Å². The second-order valence-electron chi connectivity index (χ2n) is 4.04. The molecule has 0 bridgehead atoms. The zero-order chi connectivity index (χ0) is 11.8. The van der Waals surface area contributed by atoms with Crippen LogP contribution in [0.2, 0.25) is 0 Å². The minimum absolute atomic E-state index is 0.405. The molecule has 1 unspecified atom stereocenters. The van der Waals surface area contributed by atoms with E-state index in [1.807, 2.05) is 42.5 Å². The molecule has 1 aliphatic rings. The Morgan fingerprint density at radius 1 is 0.941 bits per heavy atom. The fraction of sp³-hybridized carbons (Fsp3) is 0.0714. The summed E-state index contributed by atoms with van der Waals surface area (Å²) in [4.78, 5) is 12.0. The van der Waals surface area contributed by atoms with Crippen molar-refractivity contribution in [1.82, 2.24) is 0 Å². The molecule has 1 aliphatic heterocycles. The molecule has 2 aromatic rings. The summed E-state index contributed by atoms with van der Waals surface area (Å²) in [5.74, 6) is -0.859. The van der Waals surface area contributed by atoms with Gasteiger partial charge in [-0.25, -0.2) is 0 Å². The standard InChI is InChI=1S/C14H10NO2/c16-14-13(10-6-2-1-3-7-10)11-8-4-5-9-12(11)15(14)17/h1-9,13H/q-1. The number of hydroxylamine groups is 1. The number of nitrogens with zero attached hydrogens (tertiary/aromatic N) is 1. The van der Waals surface area contributed by atoms with Gasteiger partial charge in [-0.2, -0.15) is 0 Å². The molecule has 2 aromatic carbocycles. The van der Waals surface area contributed by atoms with Crippen LogP contribution in [0.3, 0.4) is 0 Å². The summed E-state index contributed by atoms with van der Waals surface area (Å²) in [6, 6.07) is 16.5. The largest absolute Gasteiger partial charge is 0.752 e. The Morgan fingerprint density at radius 2 is 1.59 bits per heavy atom. The molecule has 0 spiro atoms. The van der Waals surface area contributed by atoms with E-state index in [-0.39, 0.29) is 0 Å². The van der Waals surface area contributed by atoms with E-state index >= 15 is 0 Å². The predicted molar refractivity (Wildman–Crippen MR) is 65.6 cm³/mol. The van der Waals surface area contributed by atoms with E-state index in [9.17, 15) is 10.0 Å². The molecule has 0 aliphatic carbocycles. The SMILES string of the molecule is O=C1C(c2ccccc2)c2ccccc2N1[O-]. The Balaban J connectivity index is 2.16. The van der Waals surface area contributed by atoms with Crippen LogP contribution in [0.5, 0.6) is 0 Å². The average molecular weight is 224 g/mol. The van der Waals surface area contributed by atoms with Crippen LogP contribution in [0.4, 0.5) is 5.69 Å². The lowest BCUT2D eigenvalue weighted by atomic mass is 9.93. The van der Waals surface area contributed by atoms with Gasteiger partial charge in [0, 0.05) is 5.69 Å². The summed E-state index contributed by atoms with van der Waals surface area (Å²) >= 11 is 0. The number of rotatable bonds is 1. The number of para-hydroxylation sites is 1. The number of hydrogen-bond donors (Lipinski definition) is 0. The van der Waals surface area contributed by atoms with E-state index in [1.165, 1.54) is 0 Å². The third-order valence-corrected chi connectivity index (χ3v) is 3.05. The van der Waals surface area contributed by atoms with Crippen LogP contribution in [-0.2, 0) is 4.79 Å². The lowest BCUT2D eigenvalue weighted by molar-refractivity contribution is -0.117. The third-order valence-electron chi connectivity index (χ3n) is 3.05. The number of amides is 1. The maximum absolute atomic E-state index is 12.0. The molecule has 1 atom stereocenters. The Hall–Kier alpha value is -2.13. The molecular formula is C14H10NO2-. The third kappa shape index (κ3) is 1.44. The predicted octanol–water partition coefficient (Wildman–Crippen LogP) is 2.66. The minimum Gasteiger partial charge on any atom is -0.752 e. The molecule has 3 rings (SSSR count). The first-order valence-corrected chi connectivity index (χ1v) is 5.44. The summed E-state index contributed by atoms with van der Waals surface area (Å²) in [7, 11) is 0. The van der Waals surface area contributed by atoms with E-state index in [4.69, 9.17) is 0 Å². The van der Waals surface area contributed by atoms with Gasteiger partial charge in [-0.15, -0.1) is 0 Å². The van der Waals surface area contributed by atoms with E-state index in [1.54, 1.807) is 12.1 Å². The van der Waals surface area contributed by atoms with Gasteiger partial charge in [-0.1, -0.05) is 48.5 Å². The highest BCUT2D eigenvalue weighted by atomic mass is 16.5. The van der Waals surface area contributed by atoms with Crippen molar-refractivity contribution in [2.75, 3.05) is 5.06 Å². The highest BCUT2D eigenvalue weighted by Crippen LogP contribution is 2.40. The fourth-order valence-electron chi connectivity index (χ4n) is 2.25. The summed E-state index contributed by atoms with van der Waals surface area (Å²) in [6.07, 6.45) is 0. The summed E-state index contributed by atoms with van der Waals surface area (Å²) in [5.41, 5.74) is 2.12. The first-order valence-electron chi connectivity index (χ1n) is 5.44. The van der Waals surface area contributed by atoms with Crippen LogP contribution in [0.25, 0.3) is 0 Å². The highest BCUT2D eigenvalue weighted by Gasteiger charge is 2.33. The molecule has 1 amide bonds. The summed E-state index contributed by atoms with van der Waals surface area (Å²) < 4.78 is 0. The lowest BCUT2D eigenvalue weighted by Gasteiger charge is -2.23. The quantitative estimate of drug-likeness (QED) is 0.747. The molecule has 3 heteroatoms. The minimum atomic E-state index is -0.454. The van der Waals surface area contributed by atoms with Crippen molar-refractivity contribution in [3.8, 4) is 0 Å². The zero-order valence-electron chi connectivity index (χ0n) is 9.04. The molecule has 1 heterocycles. The van der Waals surface area contributed by atoms with Crippen molar-refractivity contribution in [1.29, 1.82) is 0 Å². The number of carbonyl (C=O) groups excluding carboxylic acids is 1. The van der Waals surface area contributed by atoms with Crippen molar-refractivity contribution in [3.05, 3.63) is 70.9 Å². The molecule has 84 valence electrons. The average Bonchev–Trinajstić information content (AvgIpc) is 2.64. The Labute approximate surface area is 98.9 Å². The molecule has 0 fully saturated rings. The first kappa shape index (κ1) is 10.1. The normalized spacial score (nSPS) is 18.3. The van der Waals surface area contributed by atoms with Gasteiger partial charge >= 0.3 is 0 Å². The van der Waals surface area contributed by atoms with Gasteiger partial charge < -0.3 is 10.3 Å². The Morgan fingerprint density at radius 3 is 2.35 bits per heavy atom. The number of anilines is 1. The number of hydrogen-bond acceptors (Lipinski definition) is 2.